The van der Waals surface area contributed by atoms with E-state index in [4.69, 9.17) is 4.74 Å². The number of hydrogen-bond donors (Lipinski definition) is 1. The van der Waals surface area contributed by atoms with E-state index in [0.29, 0.717) is 11.4 Å². The van der Waals surface area contributed by atoms with Crippen LogP contribution in [0, 0.1) is 24.7 Å². The average Bonchev–Trinajstić information content (AvgIpc) is 3.56. The highest BCUT2D eigenvalue weighted by atomic mass is 32.1. The number of likely N-dealkylation sites (N-methyl/N-ethyl adjacent to an activating group) is 1. The molecule has 1 saturated heterocycles. The summed E-state index contributed by atoms with van der Waals surface area (Å²) in [5.74, 6) is -0.998. The van der Waals surface area contributed by atoms with Crippen LogP contribution in [-0.4, -0.2) is 77.1 Å². The van der Waals surface area contributed by atoms with Gasteiger partial charge in [0.2, 0.25) is 5.91 Å². The molecule has 0 radical (unpaired) electrons. The van der Waals surface area contributed by atoms with Gasteiger partial charge in [0.1, 0.15) is 10.7 Å². The molecule has 0 spiro atoms. The first kappa shape index (κ1) is 40.3. The zero-order chi connectivity index (χ0) is 36.2. The van der Waals surface area contributed by atoms with Gasteiger partial charge in [0, 0.05) is 50.2 Å². The Morgan fingerprint density at radius 3 is 2.39 bits per heavy atom. The molecule has 272 valence electrons. The number of piperidine rings is 1. The minimum atomic E-state index is -0.731. The minimum absolute atomic E-state index is 0.0316. The lowest BCUT2D eigenvalue weighted by Crippen LogP contribution is -2.48. The molecule has 2 heterocycles. The number of ketones is 1. The fraction of sp³-hybridized carbons (Fsp3) is 0.667. The summed E-state index contributed by atoms with van der Waals surface area (Å²) >= 11 is 1.29. The summed E-state index contributed by atoms with van der Waals surface area (Å²) in [4.78, 5) is 62.0. The van der Waals surface area contributed by atoms with Crippen molar-refractivity contribution in [1.29, 1.82) is 0 Å². The molecule has 6 atom stereocenters. The molecular weight excluding hydrogens is 637 g/mol. The van der Waals surface area contributed by atoms with Crippen LogP contribution in [0.4, 0.5) is 0 Å². The van der Waals surface area contributed by atoms with E-state index in [1.807, 2.05) is 27.8 Å². The van der Waals surface area contributed by atoms with E-state index in [1.54, 1.807) is 17.3 Å². The van der Waals surface area contributed by atoms with Gasteiger partial charge in [-0.15, -0.1) is 11.3 Å². The fourth-order valence-electron chi connectivity index (χ4n) is 6.95. The van der Waals surface area contributed by atoms with E-state index in [0.717, 1.165) is 57.1 Å². The maximum absolute atomic E-state index is 14.2. The Morgan fingerprint density at radius 1 is 1.10 bits per heavy atom. The smallest absolute Gasteiger partial charge is 0.303 e. The molecule has 3 rings (SSSR count). The predicted octanol–water partition coefficient (Wildman–Crippen LogP) is 7.18. The highest BCUT2D eigenvalue weighted by molar-refractivity contribution is 7.09. The summed E-state index contributed by atoms with van der Waals surface area (Å²) in [6.07, 6.45) is 6.06. The first-order valence-electron chi connectivity index (χ1n) is 18.2. The number of ether oxygens (including phenoxy) is 1. The van der Waals surface area contributed by atoms with Gasteiger partial charge >= 0.3 is 5.97 Å². The molecule has 0 bridgehead atoms. The molecule has 1 fully saturated rings. The van der Waals surface area contributed by atoms with E-state index in [-0.39, 0.29) is 59.7 Å². The van der Waals surface area contributed by atoms with Crippen LogP contribution in [0.1, 0.15) is 126 Å². The third kappa shape index (κ3) is 11.7. The molecule has 1 aromatic heterocycles. The third-order valence-corrected chi connectivity index (χ3v) is 11.1. The first-order chi connectivity index (χ1) is 23.2. The molecule has 2 aromatic rings. The van der Waals surface area contributed by atoms with Crippen molar-refractivity contribution < 1.29 is 23.9 Å². The summed E-state index contributed by atoms with van der Waals surface area (Å²) in [6, 6.07) is 7.89. The molecule has 1 N–H and O–H groups in total. The Kier molecular flexibility index (Phi) is 15.9. The molecule has 2 amide bonds. The molecule has 9 nitrogen and oxygen atoms in total. The number of aromatic nitrogens is 1. The van der Waals surface area contributed by atoms with Gasteiger partial charge < -0.3 is 15.0 Å². The highest BCUT2D eigenvalue weighted by Gasteiger charge is 2.37. The number of amides is 2. The molecule has 0 aliphatic carbocycles. The van der Waals surface area contributed by atoms with Gasteiger partial charge in [0.05, 0.1) is 6.04 Å². The van der Waals surface area contributed by atoms with Crippen molar-refractivity contribution in [2.45, 2.75) is 130 Å². The number of likely N-dealkylation sites (tertiary alicyclic amines) is 1. The molecule has 49 heavy (non-hydrogen) atoms. The molecule has 0 unspecified atom stereocenters. The predicted molar refractivity (Wildman–Crippen MR) is 197 cm³/mol. The van der Waals surface area contributed by atoms with Crippen molar-refractivity contribution in [3.8, 4) is 0 Å². The highest BCUT2D eigenvalue weighted by Crippen LogP contribution is 2.33. The second-order valence-electron chi connectivity index (χ2n) is 14.5. The Labute approximate surface area is 298 Å². The average molecular weight is 697 g/mol. The van der Waals surface area contributed by atoms with E-state index in [1.165, 1.54) is 23.8 Å². The monoisotopic (exact) mass is 696 g/mol. The van der Waals surface area contributed by atoms with Gasteiger partial charge in [0.25, 0.3) is 5.91 Å². The van der Waals surface area contributed by atoms with E-state index in [9.17, 15) is 19.2 Å². The molecule has 10 heteroatoms. The number of Topliss-reactive ketones (excluding diaryl/α,β-unsaturated/α-hetero) is 1. The van der Waals surface area contributed by atoms with Crippen LogP contribution in [0.2, 0.25) is 0 Å². The lowest BCUT2D eigenvalue weighted by Gasteiger charge is -2.37. The second-order valence-corrected chi connectivity index (χ2v) is 15.4. The zero-order valence-corrected chi connectivity index (χ0v) is 32.1. The van der Waals surface area contributed by atoms with Crippen molar-refractivity contribution in [2.24, 2.45) is 17.8 Å². The van der Waals surface area contributed by atoms with Crippen LogP contribution in [0.25, 0.3) is 0 Å². The van der Waals surface area contributed by atoms with Gasteiger partial charge in [-0.05, 0) is 63.6 Å². The zero-order valence-electron chi connectivity index (χ0n) is 31.3. The standard InChI is InChI=1S/C39H60N4O5S/c1-10-14-30(21-29-18-16-26(5)17-19-29)40-37(46)32-24-49-38(41-32)36(48-28(7)44)23-34(25(3)4)43(9)39(47)31(27(6)11-2)22-35(45)33-15-12-13-20-42(33)8/h16-19,24-25,27,30-31,33-34,36H,10-15,20-23H2,1-9H3,(H,40,46)/t27-,30+,31-,33+,34+,36+/m0/s1. The maximum atomic E-state index is 14.2. The molecule has 1 aliphatic heterocycles. The maximum Gasteiger partial charge on any atom is 0.303 e. The number of aryl methyl sites for hydroxylation is 1. The number of hydrogen-bond acceptors (Lipinski definition) is 8. The summed E-state index contributed by atoms with van der Waals surface area (Å²) in [6.45, 7) is 14.6. The topological polar surface area (TPSA) is 109 Å². The summed E-state index contributed by atoms with van der Waals surface area (Å²) in [5, 5.41) is 5.40. The first-order valence-corrected chi connectivity index (χ1v) is 19.1. The van der Waals surface area contributed by atoms with Crippen LogP contribution in [-0.2, 0) is 25.5 Å². The van der Waals surface area contributed by atoms with Crippen LogP contribution in [0.3, 0.4) is 0 Å². The van der Waals surface area contributed by atoms with Crippen LogP contribution in [0.15, 0.2) is 29.6 Å². The van der Waals surface area contributed by atoms with E-state index >= 15 is 0 Å². The Morgan fingerprint density at radius 2 is 1.80 bits per heavy atom. The molecule has 0 saturated carbocycles. The number of carbonyl (C=O) groups excluding carboxylic acids is 4. The van der Waals surface area contributed by atoms with Crippen molar-refractivity contribution in [2.75, 3.05) is 20.6 Å². The number of carbonyl (C=O) groups is 4. The van der Waals surface area contributed by atoms with Crippen molar-refractivity contribution in [3.05, 3.63) is 51.5 Å². The molecule has 1 aromatic carbocycles. The number of esters is 1. The van der Waals surface area contributed by atoms with Crippen molar-refractivity contribution in [1.82, 2.24) is 20.1 Å². The SMILES string of the molecule is CCC[C@H](Cc1ccc(C)cc1)NC(=O)c1csc([C@@H](C[C@H](C(C)C)N(C)C(=O)[C@@H](CC(=O)[C@H]2CCCCN2C)[C@@H](C)CC)OC(C)=O)n1. The van der Waals surface area contributed by atoms with Gasteiger partial charge in [-0.25, -0.2) is 4.98 Å². The third-order valence-electron chi connectivity index (χ3n) is 10.2. The van der Waals surface area contributed by atoms with E-state index in [2.05, 4.69) is 60.2 Å². The van der Waals surface area contributed by atoms with Crippen LogP contribution < -0.4 is 5.32 Å². The minimum Gasteiger partial charge on any atom is -0.455 e. The van der Waals surface area contributed by atoms with Gasteiger partial charge in [-0.3, -0.25) is 24.1 Å². The van der Waals surface area contributed by atoms with Crippen LogP contribution >= 0.6 is 11.3 Å². The second kappa shape index (κ2) is 19.3. The van der Waals surface area contributed by atoms with Gasteiger partial charge in [0.15, 0.2) is 11.9 Å². The number of rotatable bonds is 18. The van der Waals surface area contributed by atoms with Crippen molar-refractivity contribution in [3.63, 3.8) is 0 Å². The molecular formula is C39H60N4O5S. The number of thiazole rings is 1. The Bertz CT molecular complexity index is 1380. The normalized spacial score (nSPS) is 18.3. The largest absolute Gasteiger partial charge is 0.455 e. The Hall–Kier alpha value is -3.11. The number of nitrogens with one attached hydrogen (secondary N) is 1. The quantitative estimate of drug-likeness (QED) is 0.165. The summed E-state index contributed by atoms with van der Waals surface area (Å²) in [5.41, 5.74) is 2.65. The van der Waals surface area contributed by atoms with E-state index < -0.39 is 18.0 Å². The summed E-state index contributed by atoms with van der Waals surface area (Å²) in [7, 11) is 3.80. The number of benzene rings is 1. The van der Waals surface area contributed by atoms with Gasteiger partial charge in [-0.1, -0.05) is 83.7 Å². The lowest BCUT2D eigenvalue weighted by molar-refractivity contribution is -0.149. The van der Waals surface area contributed by atoms with Crippen LogP contribution in [0.5, 0.6) is 0 Å². The summed E-state index contributed by atoms with van der Waals surface area (Å²) < 4.78 is 5.81. The number of nitrogens with zero attached hydrogens (tertiary/aromatic N) is 3. The lowest BCUT2D eigenvalue weighted by atomic mass is 9.83. The van der Waals surface area contributed by atoms with Gasteiger partial charge in [-0.2, -0.15) is 0 Å². The Balaban J connectivity index is 1.78. The fourth-order valence-corrected chi connectivity index (χ4v) is 7.79. The molecule has 1 aliphatic rings. The van der Waals surface area contributed by atoms with Crippen molar-refractivity contribution >= 4 is 34.9 Å².